The Kier molecular flexibility index (Phi) is 3.13. The number of nitrogens with zero attached hydrogens (tertiary/aromatic N) is 1. The highest BCUT2D eigenvalue weighted by molar-refractivity contribution is 4.88. The summed E-state index contributed by atoms with van der Waals surface area (Å²) in [6.45, 7) is 2.46. The minimum absolute atomic E-state index is 0.0885. The van der Waals surface area contributed by atoms with Crippen molar-refractivity contribution in [1.82, 2.24) is 4.90 Å². The lowest BCUT2D eigenvalue weighted by molar-refractivity contribution is -0.163. The molecule has 1 spiro atoms. The molecule has 5 heteroatoms. The van der Waals surface area contributed by atoms with Crippen LogP contribution in [0.2, 0.25) is 0 Å². The predicted octanol–water partition coefficient (Wildman–Crippen LogP) is -0.291. The standard InChI is InChI=1S/C12H21NO4/c14-10-6-13(7-11(10)15)5-9-8-16-12(17-9)3-1-2-4-12/h9-11,14-15H,1-8H2/t9?,10-,11+. The molecule has 0 radical (unpaired) electrons. The number of aliphatic hydroxyl groups is 2. The van der Waals surface area contributed by atoms with Crippen LogP contribution >= 0.6 is 0 Å². The van der Waals surface area contributed by atoms with E-state index in [0.29, 0.717) is 19.7 Å². The molecule has 1 aliphatic carbocycles. The van der Waals surface area contributed by atoms with Crippen LogP contribution in [0.3, 0.4) is 0 Å². The van der Waals surface area contributed by atoms with Crippen molar-refractivity contribution in [3.8, 4) is 0 Å². The first-order valence-electron chi connectivity index (χ1n) is 6.57. The summed E-state index contributed by atoms with van der Waals surface area (Å²) in [6.07, 6.45) is 3.26. The molecule has 5 nitrogen and oxygen atoms in total. The van der Waals surface area contributed by atoms with Crippen molar-refractivity contribution in [2.75, 3.05) is 26.2 Å². The molecule has 3 aliphatic rings. The average molecular weight is 243 g/mol. The molecule has 0 aromatic carbocycles. The van der Waals surface area contributed by atoms with Gasteiger partial charge in [-0.1, -0.05) is 0 Å². The summed E-state index contributed by atoms with van der Waals surface area (Å²) in [4.78, 5) is 2.05. The third-order valence-electron chi connectivity index (χ3n) is 4.08. The van der Waals surface area contributed by atoms with Crippen LogP contribution in [0.1, 0.15) is 25.7 Å². The van der Waals surface area contributed by atoms with Crippen LogP contribution in [0.4, 0.5) is 0 Å². The van der Waals surface area contributed by atoms with Crippen LogP contribution in [0, 0.1) is 0 Å². The molecule has 98 valence electrons. The Labute approximate surface area is 101 Å². The Morgan fingerprint density at radius 2 is 1.76 bits per heavy atom. The number of aliphatic hydroxyl groups excluding tert-OH is 2. The van der Waals surface area contributed by atoms with E-state index in [1.165, 1.54) is 12.8 Å². The maximum atomic E-state index is 9.48. The third-order valence-corrected chi connectivity index (χ3v) is 4.08. The number of likely N-dealkylation sites (tertiary alicyclic amines) is 1. The van der Waals surface area contributed by atoms with E-state index in [0.717, 1.165) is 19.4 Å². The largest absolute Gasteiger partial charge is 0.389 e. The molecule has 3 fully saturated rings. The zero-order valence-corrected chi connectivity index (χ0v) is 10.0. The Bertz CT molecular complexity index is 270. The van der Waals surface area contributed by atoms with E-state index >= 15 is 0 Å². The van der Waals surface area contributed by atoms with Crippen LogP contribution < -0.4 is 0 Å². The smallest absolute Gasteiger partial charge is 0.168 e. The van der Waals surface area contributed by atoms with Crippen molar-refractivity contribution in [1.29, 1.82) is 0 Å². The van der Waals surface area contributed by atoms with Gasteiger partial charge in [0.2, 0.25) is 0 Å². The first kappa shape index (κ1) is 11.9. The Morgan fingerprint density at radius 1 is 1.12 bits per heavy atom. The molecule has 1 saturated carbocycles. The number of hydrogen-bond acceptors (Lipinski definition) is 5. The molecule has 2 aliphatic heterocycles. The van der Waals surface area contributed by atoms with Crippen molar-refractivity contribution >= 4 is 0 Å². The topological polar surface area (TPSA) is 62.2 Å². The molecule has 2 saturated heterocycles. The first-order chi connectivity index (χ1) is 8.17. The summed E-state index contributed by atoms with van der Waals surface area (Å²) in [5.41, 5.74) is 0. The molecule has 2 N–H and O–H groups in total. The molecule has 0 aromatic heterocycles. The van der Waals surface area contributed by atoms with Crippen LogP contribution in [-0.2, 0) is 9.47 Å². The minimum Gasteiger partial charge on any atom is -0.389 e. The van der Waals surface area contributed by atoms with Crippen molar-refractivity contribution in [3.05, 3.63) is 0 Å². The van der Waals surface area contributed by atoms with E-state index in [-0.39, 0.29) is 11.9 Å². The molecule has 0 amide bonds. The van der Waals surface area contributed by atoms with Gasteiger partial charge in [-0.15, -0.1) is 0 Å². The highest BCUT2D eigenvalue weighted by atomic mass is 16.7. The summed E-state index contributed by atoms with van der Waals surface area (Å²) < 4.78 is 11.8. The molecule has 3 atom stereocenters. The number of ether oxygens (including phenoxy) is 2. The van der Waals surface area contributed by atoms with Crippen molar-refractivity contribution in [2.24, 2.45) is 0 Å². The summed E-state index contributed by atoms with van der Waals surface area (Å²) in [5.74, 6) is -0.304. The zero-order valence-electron chi connectivity index (χ0n) is 10.0. The van der Waals surface area contributed by atoms with Crippen LogP contribution in [0.25, 0.3) is 0 Å². The molecular formula is C12H21NO4. The highest BCUT2D eigenvalue weighted by Crippen LogP contribution is 2.39. The van der Waals surface area contributed by atoms with Crippen molar-refractivity contribution in [3.63, 3.8) is 0 Å². The van der Waals surface area contributed by atoms with E-state index in [2.05, 4.69) is 4.90 Å². The van der Waals surface area contributed by atoms with Crippen LogP contribution in [0.15, 0.2) is 0 Å². The number of hydrogen-bond donors (Lipinski definition) is 2. The maximum absolute atomic E-state index is 9.48. The van der Waals surface area contributed by atoms with Gasteiger partial charge in [0.15, 0.2) is 5.79 Å². The quantitative estimate of drug-likeness (QED) is 0.698. The Balaban J connectivity index is 1.51. The van der Waals surface area contributed by atoms with E-state index in [1.54, 1.807) is 0 Å². The van der Waals surface area contributed by atoms with Crippen molar-refractivity contribution < 1.29 is 19.7 Å². The molecule has 3 rings (SSSR count). The van der Waals surface area contributed by atoms with Gasteiger partial charge in [0.25, 0.3) is 0 Å². The van der Waals surface area contributed by atoms with Gasteiger partial charge in [0.05, 0.1) is 24.9 Å². The lowest BCUT2D eigenvalue weighted by Crippen LogP contribution is -2.34. The van der Waals surface area contributed by atoms with Gasteiger partial charge >= 0.3 is 0 Å². The van der Waals surface area contributed by atoms with E-state index in [4.69, 9.17) is 9.47 Å². The zero-order chi connectivity index (χ0) is 11.9. The predicted molar refractivity (Wildman–Crippen MR) is 60.5 cm³/mol. The number of β-amino-alcohol motifs (C(OH)–C–C–N with tert-alkyl or cyclic N) is 2. The van der Waals surface area contributed by atoms with Gasteiger partial charge < -0.3 is 19.7 Å². The monoisotopic (exact) mass is 243 g/mol. The molecule has 0 bridgehead atoms. The average Bonchev–Trinajstić information content (AvgIpc) is 2.96. The minimum atomic E-state index is -0.613. The van der Waals surface area contributed by atoms with E-state index < -0.39 is 12.2 Å². The van der Waals surface area contributed by atoms with Crippen LogP contribution in [-0.4, -0.2) is 65.5 Å². The lowest BCUT2D eigenvalue weighted by Gasteiger charge is -2.23. The maximum Gasteiger partial charge on any atom is 0.168 e. The fraction of sp³-hybridized carbons (Fsp3) is 1.00. The van der Waals surface area contributed by atoms with Gasteiger partial charge in [0.1, 0.15) is 0 Å². The Hall–Kier alpha value is -0.200. The van der Waals surface area contributed by atoms with Crippen molar-refractivity contribution in [2.45, 2.75) is 49.8 Å². The second-order valence-corrected chi connectivity index (χ2v) is 5.52. The summed E-state index contributed by atoms with van der Waals surface area (Å²) >= 11 is 0. The highest BCUT2D eigenvalue weighted by Gasteiger charge is 2.44. The van der Waals surface area contributed by atoms with Gasteiger partial charge in [-0.05, 0) is 12.8 Å². The van der Waals surface area contributed by atoms with Gasteiger partial charge in [-0.25, -0.2) is 0 Å². The van der Waals surface area contributed by atoms with Gasteiger partial charge in [0, 0.05) is 32.5 Å². The Morgan fingerprint density at radius 3 is 2.41 bits per heavy atom. The molecule has 1 unspecified atom stereocenters. The normalized spacial score (nSPS) is 41.6. The molecule has 0 aromatic rings. The fourth-order valence-corrected chi connectivity index (χ4v) is 3.17. The first-order valence-corrected chi connectivity index (χ1v) is 6.57. The third kappa shape index (κ3) is 2.35. The van der Waals surface area contributed by atoms with Crippen LogP contribution in [0.5, 0.6) is 0 Å². The number of rotatable bonds is 2. The molecule has 17 heavy (non-hydrogen) atoms. The second-order valence-electron chi connectivity index (χ2n) is 5.52. The summed E-state index contributed by atoms with van der Waals surface area (Å²) in [7, 11) is 0. The summed E-state index contributed by atoms with van der Waals surface area (Å²) in [5, 5.41) is 19.0. The van der Waals surface area contributed by atoms with E-state index in [9.17, 15) is 10.2 Å². The molecular weight excluding hydrogens is 222 g/mol. The fourth-order valence-electron chi connectivity index (χ4n) is 3.17. The van der Waals surface area contributed by atoms with Gasteiger partial charge in [-0.3, -0.25) is 4.90 Å². The molecule has 2 heterocycles. The van der Waals surface area contributed by atoms with E-state index in [1.807, 2.05) is 0 Å². The SMILES string of the molecule is O[C@@H]1CN(CC2COC3(CCCC3)O2)C[C@@H]1O. The second kappa shape index (κ2) is 4.48. The summed E-state index contributed by atoms with van der Waals surface area (Å²) in [6, 6.07) is 0. The van der Waals surface area contributed by atoms with Gasteiger partial charge in [-0.2, -0.15) is 0 Å². The lowest BCUT2D eigenvalue weighted by atomic mass is 10.2.